The van der Waals surface area contributed by atoms with Crippen LogP contribution in [0.5, 0.6) is 0 Å². The number of rotatable bonds is 2. The van der Waals surface area contributed by atoms with Crippen LogP contribution in [0.3, 0.4) is 0 Å². The van der Waals surface area contributed by atoms with Crippen LogP contribution in [-0.4, -0.2) is 34.4 Å². The fourth-order valence-corrected chi connectivity index (χ4v) is 3.87. The van der Waals surface area contributed by atoms with Gasteiger partial charge in [-0.25, -0.2) is 4.52 Å². The van der Waals surface area contributed by atoms with E-state index >= 15 is 0 Å². The van der Waals surface area contributed by atoms with Gasteiger partial charge in [-0.15, -0.1) is 0 Å². The van der Waals surface area contributed by atoms with Gasteiger partial charge in [0.1, 0.15) is 6.33 Å². The second-order valence-corrected chi connectivity index (χ2v) is 7.00. The molecule has 2 aromatic heterocycles. The van der Waals surface area contributed by atoms with Crippen molar-refractivity contribution in [1.82, 2.24) is 19.9 Å². The minimum absolute atomic E-state index is 0.119. The molecule has 4 rings (SSSR count). The Kier molecular flexibility index (Phi) is 4.86. The number of halogens is 3. The standard InChI is InChI=1S/C17H13Cl3N4O2/c18-10-2-1-3-11(19)14(10)15-13-6-9(12-7-26-5-4-21-12)16(20)23-24(13)8-22-17(15)25/h1-3,6,8,12,21H,4-5,7H2. The van der Waals surface area contributed by atoms with Crippen LogP contribution in [0.25, 0.3) is 16.6 Å². The van der Waals surface area contributed by atoms with E-state index < -0.39 is 5.56 Å². The molecule has 1 fully saturated rings. The molecule has 1 unspecified atom stereocenters. The smallest absolute Gasteiger partial charge is 0.281 e. The lowest BCUT2D eigenvalue weighted by Gasteiger charge is -2.25. The predicted molar refractivity (Wildman–Crippen MR) is 101 cm³/mol. The average Bonchev–Trinajstić information content (AvgIpc) is 2.64. The predicted octanol–water partition coefficient (Wildman–Crippen LogP) is 3.38. The van der Waals surface area contributed by atoms with E-state index in [9.17, 15) is 4.79 Å². The highest BCUT2D eigenvalue weighted by Crippen LogP contribution is 2.35. The molecular formula is C17H13Cl3N4O2. The zero-order valence-corrected chi connectivity index (χ0v) is 15.6. The molecule has 1 aliphatic heterocycles. The molecule has 0 amide bonds. The highest BCUT2D eigenvalue weighted by molar-refractivity contribution is 6.39. The Morgan fingerprint density at radius 1 is 1.19 bits per heavy atom. The molecule has 0 spiro atoms. The molecule has 6 nitrogen and oxygen atoms in total. The van der Waals surface area contributed by atoms with Crippen molar-refractivity contribution in [3.63, 3.8) is 0 Å². The summed E-state index contributed by atoms with van der Waals surface area (Å²) in [6.45, 7) is 1.81. The number of aromatic nitrogens is 3. The van der Waals surface area contributed by atoms with Crippen molar-refractivity contribution in [3.8, 4) is 11.1 Å². The van der Waals surface area contributed by atoms with Crippen LogP contribution < -0.4 is 10.9 Å². The summed E-state index contributed by atoms with van der Waals surface area (Å²) in [6.07, 6.45) is 1.33. The van der Waals surface area contributed by atoms with Crippen LogP contribution in [0, 0.1) is 0 Å². The first-order chi connectivity index (χ1) is 12.6. The second kappa shape index (κ2) is 7.13. The maximum atomic E-state index is 12.6. The molecule has 0 radical (unpaired) electrons. The summed E-state index contributed by atoms with van der Waals surface area (Å²) in [6, 6.07) is 6.75. The summed E-state index contributed by atoms with van der Waals surface area (Å²) in [5.41, 5.74) is 1.52. The van der Waals surface area contributed by atoms with Crippen molar-refractivity contribution in [2.75, 3.05) is 19.8 Å². The van der Waals surface area contributed by atoms with E-state index in [-0.39, 0.29) is 11.6 Å². The Balaban J connectivity index is 2.01. The van der Waals surface area contributed by atoms with Gasteiger partial charge in [0.2, 0.25) is 0 Å². The van der Waals surface area contributed by atoms with Gasteiger partial charge < -0.3 is 10.1 Å². The maximum Gasteiger partial charge on any atom is 0.281 e. The molecule has 1 aliphatic rings. The van der Waals surface area contributed by atoms with Gasteiger partial charge in [-0.1, -0.05) is 40.9 Å². The third-order valence-electron chi connectivity index (χ3n) is 4.24. The summed E-state index contributed by atoms with van der Waals surface area (Å²) in [5, 5.41) is 8.70. The van der Waals surface area contributed by atoms with E-state index in [1.807, 2.05) is 0 Å². The third-order valence-corrected chi connectivity index (χ3v) is 5.16. The molecular weight excluding hydrogens is 399 g/mol. The zero-order valence-electron chi connectivity index (χ0n) is 13.4. The third kappa shape index (κ3) is 3.08. The lowest BCUT2D eigenvalue weighted by molar-refractivity contribution is 0.0768. The molecule has 1 N–H and O–H groups in total. The SMILES string of the molecule is O=c1ncn2nc(Cl)c(C3COCCN3)cc2c1-c1c(Cl)cccc1Cl. The number of nitrogens with one attached hydrogen (secondary N) is 1. The van der Waals surface area contributed by atoms with Gasteiger partial charge in [-0.2, -0.15) is 10.1 Å². The number of ether oxygens (including phenoxy) is 1. The lowest BCUT2D eigenvalue weighted by atomic mass is 10.0. The van der Waals surface area contributed by atoms with Gasteiger partial charge >= 0.3 is 0 Å². The van der Waals surface area contributed by atoms with Crippen LogP contribution in [0.2, 0.25) is 15.2 Å². The van der Waals surface area contributed by atoms with E-state index in [0.29, 0.717) is 46.0 Å². The molecule has 134 valence electrons. The fraction of sp³-hybridized carbons (Fsp3) is 0.235. The molecule has 0 aliphatic carbocycles. The van der Waals surface area contributed by atoms with Gasteiger partial charge in [-0.3, -0.25) is 4.79 Å². The molecule has 26 heavy (non-hydrogen) atoms. The van der Waals surface area contributed by atoms with E-state index in [1.54, 1.807) is 24.3 Å². The molecule has 0 bridgehead atoms. The van der Waals surface area contributed by atoms with E-state index in [4.69, 9.17) is 39.5 Å². The first-order valence-corrected chi connectivity index (χ1v) is 9.03. The first kappa shape index (κ1) is 17.7. The average molecular weight is 412 g/mol. The van der Waals surface area contributed by atoms with Gasteiger partial charge in [0.05, 0.1) is 40.4 Å². The highest BCUT2D eigenvalue weighted by Gasteiger charge is 2.22. The van der Waals surface area contributed by atoms with E-state index in [2.05, 4.69) is 15.4 Å². The van der Waals surface area contributed by atoms with Crippen LogP contribution in [-0.2, 0) is 4.74 Å². The topological polar surface area (TPSA) is 68.5 Å². The molecule has 3 aromatic rings. The zero-order chi connectivity index (χ0) is 18.3. The van der Waals surface area contributed by atoms with Crippen molar-refractivity contribution in [3.05, 3.63) is 61.7 Å². The summed E-state index contributed by atoms with van der Waals surface area (Å²) in [4.78, 5) is 16.4. The molecule has 0 saturated carbocycles. The first-order valence-electron chi connectivity index (χ1n) is 7.90. The van der Waals surface area contributed by atoms with Crippen LogP contribution in [0.1, 0.15) is 11.6 Å². The van der Waals surface area contributed by atoms with Crippen molar-refractivity contribution in [1.29, 1.82) is 0 Å². The Bertz CT molecular complexity index is 1030. The summed E-state index contributed by atoms with van der Waals surface area (Å²) in [5.74, 6) is 0. The van der Waals surface area contributed by atoms with Gasteiger partial charge in [-0.05, 0) is 18.2 Å². The minimum atomic E-state index is -0.442. The monoisotopic (exact) mass is 410 g/mol. The maximum absolute atomic E-state index is 12.6. The Morgan fingerprint density at radius 3 is 2.65 bits per heavy atom. The Morgan fingerprint density at radius 2 is 1.96 bits per heavy atom. The van der Waals surface area contributed by atoms with Crippen molar-refractivity contribution in [2.45, 2.75) is 6.04 Å². The molecule has 1 atom stereocenters. The van der Waals surface area contributed by atoms with E-state index in [1.165, 1.54) is 10.8 Å². The summed E-state index contributed by atoms with van der Waals surface area (Å²) in [7, 11) is 0. The minimum Gasteiger partial charge on any atom is -0.378 e. The largest absolute Gasteiger partial charge is 0.378 e. The van der Waals surface area contributed by atoms with Gasteiger partial charge in [0.15, 0.2) is 5.15 Å². The van der Waals surface area contributed by atoms with Gasteiger partial charge in [0.25, 0.3) is 5.56 Å². The Labute approximate surface area is 163 Å². The van der Waals surface area contributed by atoms with Crippen molar-refractivity contribution >= 4 is 40.3 Å². The second-order valence-electron chi connectivity index (χ2n) is 5.82. The molecule has 9 heteroatoms. The quantitative estimate of drug-likeness (QED) is 0.700. The highest BCUT2D eigenvalue weighted by atomic mass is 35.5. The number of nitrogens with zero attached hydrogens (tertiary/aromatic N) is 3. The van der Waals surface area contributed by atoms with Crippen LogP contribution in [0.4, 0.5) is 0 Å². The lowest BCUT2D eigenvalue weighted by Crippen LogP contribution is -2.35. The number of hydrogen-bond acceptors (Lipinski definition) is 5. The normalized spacial score (nSPS) is 17.6. The number of morpholine rings is 1. The van der Waals surface area contributed by atoms with Crippen molar-refractivity contribution < 1.29 is 4.74 Å². The number of benzene rings is 1. The van der Waals surface area contributed by atoms with Crippen molar-refractivity contribution in [2.24, 2.45) is 0 Å². The van der Waals surface area contributed by atoms with Crippen LogP contribution >= 0.6 is 34.8 Å². The molecule has 1 saturated heterocycles. The van der Waals surface area contributed by atoms with Gasteiger partial charge in [0, 0.05) is 17.7 Å². The number of fused-ring (bicyclic) bond motifs is 1. The summed E-state index contributed by atoms with van der Waals surface area (Å²) >= 11 is 19.0. The fourth-order valence-electron chi connectivity index (χ4n) is 3.02. The van der Waals surface area contributed by atoms with E-state index in [0.717, 1.165) is 5.56 Å². The molecule has 3 heterocycles. The number of hydrogen-bond donors (Lipinski definition) is 1. The van der Waals surface area contributed by atoms with Crippen LogP contribution in [0.15, 0.2) is 35.4 Å². The summed E-state index contributed by atoms with van der Waals surface area (Å²) < 4.78 is 6.96. The Hall–Kier alpha value is -1.70. The molecule has 1 aromatic carbocycles.